The maximum atomic E-state index is 13.9. The van der Waals surface area contributed by atoms with Crippen molar-refractivity contribution in [3.8, 4) is 11.3 Å². The summed E-state index contributed by atoms with van der Waals surface area (Å²) in [5, 5.41) is 10.00. The molecule has 7 nitrogen and oxygen atoms in total. The van der Waals surface area contributed by atoms with Gasteiger partial charge in [0.05, 0.1) is 28.6 Å². The molecular weight excluding hydrogens is 409 g/mol. The van der Waals surface area contributed by atoms with Gasteiger partial charge < -0.3 is 10.0 Å². The predicted molar refractivity (Wildman–Crippen MR) is 110 cm³/mol. The van der Waals surface area contributed by atoms with Crippen molar-refractivity contribution >= 4 is 40.0 Å². The summed E-state index contributed by atoms with van der Waals surface area (Å²) < 4.78 is 13.9. The highest BCUT2D eigenvalue weighted by Crippen LogP contribution is 2.39. The number of benzene rings is 2. The topological polar surface area (TPSA) is 92.1 Å². The van der Waals surface area contributed by atoms with E-state index in [1.165, 1.54) is 24.8 Å². The van der Waals surface area contributed by atoms with E-state index >= 15 is 0 Å². The highest BCUT2D eigenvalue weighted by atomic mass is 35.5. The molecule has 0 atom stereocenters. The van der Waals surface area contributed by atoms with Crippen LogP contribution in [0.1, 0.15) is 16.1 Å². The van der Waals surface area contributed by atoms with E-state index < -0.39 is 11.8 Å². The fourth-order valence-electron chi connectivity index (χ4n) is 3.63. The molecule has 1 aliphatic rings. The molecule has 0 fully saturated rings. The van der Waals surface area contributed by atoms with Gasteiger partial charge in [-0.2, -0.15) is 0 Å². The number of nitrogens with zero attached hydrogens (tertiary/aromatic N) is 5. The number of aromatic nitrogens is 4. The van der Waals surface area contributed by atoms with Gasteiger partial charge in [-0.25, -0.2) is 24.1 Å². The molecule has 9 heteroatoms. The molecule has 2 aromatic carbocycles. The molecule has 2 aromatic heterocycles. The number of carboxylic acid groups (broad SMARTS) is 1. The molecule has 148 valence electrons. The third-order valence-electron chi connectivity index (χ3n) is 5.04. The SMILES string of the molecule is O=C(O)c1cncc(-c2ccc3ncnc(N4CCc5cc(F)c(Cl)cc54)c3c2)n1. The van der Waals surface area contributed by atoms with Gasteiger partial charge in [-0.1, -0.05) is 17.7 Å². The average Bonchev–Trinajstić information content (AvgIpc) is 3.15. The Hall–Kier alpha value is -3.65. The molecule has 0 radical (unpaired) electrons. The Morgan fingerprint density at radius 1 is 1.17 bits per heavy atom. The quantitative estimate of drug-likeness (QED) is 0.528. The minimum Gasteiger partial charge on any atom is -0.476 e. The molecule has 0 spiro atoms. The fraction of sp³-hybridized carbons (Fsp3) is 0.0952. The van der Waals surface area contributed by atoms with Crippen LogP contribution in [0.3, 0.4) is 0 Å². The van der Waals surface area contributed by atoms with Crippen LogP contribution in [-0.2, 0) is 6.42 Å². The van der Waals surface area contributed by atoms with Crippen LogP contribution >= 0.6 is 11.6 Å². The van der Waals surface area contributed by atoms with Crippen molar-refractivity contribution in [1.82, 2.24) is 19.9 Å². The van der Waals surface area contributed by atoms with Gasteiger partial charge in [0.1, 0.15) is 18.0 Å². The second-order valence-electron chi connectivity index (χ2n) is 6.82. The molecule has 5 rings (SSSR count). The van der Waals surface area contributed by atoms with Crippen LogP contribution in [0, 0.1) is 5.82 Å². The van der Waals surface area contributed by atoms with Gasteiger partial charge in [-0.05, 0) is 36.2 Å². The summed E-state index contributed by atoms with van der Waals surface area (Å²) in [5.74, 6) is -0.929. The smallest absolute Gasteiger partial charge is 0.356 e. The second kappa shape index (κ2) is 7.00. The highest BCUT2D eigenvalue weighted by Gasteiger charge is 2.25. The zero-order valence-corrected chi connectivity index (χ0v) is 16.1. The van der Waals surface area contributed by atoms with E-state index in [-0.39, 0.29) is 10.7 Å². The zero-order chi connectivity index (χ0) is 20.8. The van der Waals surface area contributed by atoms with Crippen molar-refractivity contribution in [1.29, 1.82) is 0 Å². The Morgan fingerprint density at radius 3 is 2.87 bits per heavy atom. The molecule has 0 bridgehead atoms. The number of carbonyl (C=O) groups is 1. The summed E-state index contributed by atoms with van der Waals surface area (Å²) in [6, 6.07) is 8.54. The Balaban J connectivity index is 1.65. The van der Waals surface area contributed by atoms with E-state index in [0.717, 1.165) is 16.6 Å². The lowest BCUT2D eigenvalue weighted by molar-refractivity contribution is 0.0690. The van der Waals surface area contributed by atoms with Gasteiger partial charge in [0.15, 0.2) is 5.69 Å². The number of anilines is 2. The lowest BCUT2D eigenvalue weighted by Gasteiger charge is -2.20. The molecule has 3 heterocycles. The van der Waals surface area contributed by atoms with Crippen molar-refractivity contribution in [3.05, 3.63) is 71.2 Å². The first-order chi connectivity index (χ1) is 14.5. The Bertz CT molecular complexity index is 1330. The number of fused-ring (bicyclic) bond motifs is 2. The third kappa shape index (κ3) is 3.02. The summed E-state index contributed by atoms with van der Waals surface area (Å²) in [4.78, 5) is 30.1. The largest absolute Gasteiger partial charge is 0.476 e. The molecule has 1 aliphatic heterocycles. The van der Waals surface area contributed by atoms with Crippen molar-refractivity contribution in [2.45, 2.75) is 6.42 Å². The van der Waals surface area contributed by atoms with Gasteiger partial charge in [0, 0.05) is 23.2 Å². The molecule has 30 heavy (non-hydrogen) atoms. The van der Waals surface area contributed by atoms with Gasteiger partial charge >= 0.3 is 5.97 Å². The molecule has 4 aromatic rings. The first kappa shape index (κ1) is 18.4. The third-order valence-corrected chi connectivity index (χ3v) is 5.33. The minimum absolute atomic E-state index is 0.0560. The van der Waals surface area contributed by atoms with E-state index in [1.54, 1.807) is 12.1 Å². The standard InChI is InChI=1S/C21H13ClFN5O2/c22-14-7-19-12(6-15(14)23)3-4-28(19)20-13-5-11(1-2-16(13)25-10-26-20)17-8-24-9-18(27-17)21(29)30/h1-2,5-10H,3-4H2,(H,29,30). The summed E-state index contributed by atoms with van der Waals surface area (Å²) in [6.07, 6.45) is 4.85. The molecular formula is C21H13ClFN5O2. The predicted octanol–water partition coefficient (Wildman–Crippen LogP) is 4.27. The zero-order valence-electron chi connectivity index (χ0n) is 15.4. The summed E-state index contributed by atoms with van der Waals surface area (Å²) in [5.41, 5.74) is 3.36. The number of halogens is 2. The highest BCUT2D eigenvalue weighted by molar-refractivity contribution is 6.31. The lowest BCUT2D eigenvalue weighted by atomic mass is 10.1. The van der Waals surface area contributed by atoms with Gasteiger partial charge in [-0.15, -0.1) is 0 Å². The average molecular weight is 422 g/mol. The lowest BCUT2D eigenvalue weighted by Crippen LogP contribution is -2.15. The molecule has 0 aliphatic carbocycles. The van der Waals surface area contributed by atoms with Crippen molar-refractivity contribution in [3.63, 3.8) is 0 Å². The van der Waals surface area contributed by atoms with Gasteiger partial charge in [0.25, 0.3) is 0 Å². The van der Waals surface area contributed by atoms with Crippen molar-refractivity contribution in [2.75, 3.05) is 11.4 Å². The molecule has 0 unspecified atom stereocenters. The van der Waals surface area contributed by atoms with Crippen LogP contribution < -0.4 is 4.90 Å². The van der Waals surface area contributed by atoms with E-state index in [0.29, 0.717) is 35.6 Å². The Kier molecular flexibility index (Phi) is 4.29. The van der Waals surface area contributed by atoms with E-state index in [4.69, 9.17) is 11.6 Å². The Morgan fingerprint density at radius 2 is 2.03 bits per heavy atom. The fourth-order valence-corrected chi connectivity index (χ4v) is 3.79. The summed E-state index contributed by atoms with van der Waals surface area (Å²) in [6.45, 7) is 0.625. The molecule has 1 N–H and O–H groups in total. The van der Waals surface area contributed by atoms with Crippen molar-refractivity contribution < 1.29 is 14.3 Å². The van der Waals surface area contributed by atoms with Crippen LogP contribution in [0.2, 0.25) is 5.02 Å². The van der Waals surface area contributed by atoms with Crippen LogP contribution in [0.5, 0.6) is 0 Å². The van der Waals surface area contributed by atoms with E-state index in [9.17, 15) is 14.3 Å². The van der Waals surface area contributed by atoms with Crippen LogP contribution in [0.15, 0.2) is 49.1 Å². The monoisotopic (exact) mass is 421 g/mol. The van der Waals surface area contributed by atoms with Crippen molar-refractivity contribution in [2.24, 2.45) is 0 Å². The number of hydrogen-bond donors (Lipinski definition) is 1. The summed E-state index contributed by atoms with van der Waals surface area (Å²) >= 11 is 6.01. The first-order valence-electron chi connectivity index (χ1n) is 9.07. The normalized spacial score (nSPS) is 12.9. The van der Waals surface area contributed by atoms with E-state index in [1.807, 2.05) is 17.0 Å². The van der Waals surface area contributed by atoms with Gasteiger partial charge in [0.2, 0.25) is 0 Å². The maximum absolute atomic E-state index is 13.9. The number of aromatic carboxylic acids is 1. The number of rotatable bonds is 3. The van der Waals surface area contributed by atoms with E-state index in [2.05, 4.69) is 19.9 Å². The number of carboxylic acids is 1. The number of hydrogen-bond acceptors (Lipinski definition) is 6. The maximum Gasteiger partial charge on any atom is 0.356 e. The molecule has 0 amide bonds. The summed E-state index contributed by atoms with van der Waals surface area (Å²) in [7, 11) is 0. The minimum atomic E-state index is -1.15. The first-order valence-corrected chi connectivity index (χ1v) is 9.45. The van der Waals surface area contributed by atoms with Crippen LogP contribution in [-0.4, -0.2) is 37.6 Å². The second-order valence-corrected chi connectivity index (χ2v) is 7.23. The van der Waals surface area contributed by atoms with Gasteiger partial charge in [-0.3, -0.25) is 4.98 Å². The van der Waals surface area contributed by atoms with Crippen LogP contribution in [0.4, 0.5) is 15.9 Å². The molecule has 0 saturated carbocycles. The Labute approximate surface area is 174 Å². The molecule has 0 saturated heterocycles. The van der Waals surface area contributed by atoms with Crippen LogP contribution in [0.25, 0.3) is 22.2 Å².